The minimum atomic E-state index is -0.261. The zero-order chi connectivity index (χ0) is 16.4. The lowest BCUT2D eigenvalue weighted by atomic mass is 10.1. The van der Waals surface area contributed by atoms with E-state index in [0.717, 1.165) is 16.5 Å². The van der Waals surface area contributed by atoms with Crippen molar-refractivity contribution in [2.45, 2.75) is 20.3 Å². The van der Waals surface area contributed by atoms with Crippen LogP contribution in [0.2, 0.25) is 0 Å². The third kappa shape index (κ3) is 3.13. The third-order valence-electron chi connectivity index (χ3n) is 3.74. The van der Waals surface area contributed by atoms with E-state index >= 15 is 0 Å². The Labute approximate surface area is 133 Å². The second kappa shape index (κ2) is 6.04. The molecule has 2 aromatic carbocycles. The van der Waals surface area contributed by atoms with E-state index in [4.69, 9.17) is 0 Å². The molecule has 1 heterocycles. The van der Waals surface area contributed by atoms with Crippen molar-refractivity contribution in [3.8, 4) is 0 Å². The summed E-state index contributed by atoms with van der Waals surface area (Å²) in [6.07, 6.45) is -0.00231. The molecule has 0 aliphatic carbocycles. The van der Waals surface area contributed by atoms with Crippen LogP contribution in [0.1, 0.15) is 17.1 Å². The van der Waals surface area contributed by atoms with Crippen LogP contribution in [0.25, 0.3) is 10.8 Å². The van der Waals surface area contributed by atoms with Gasteiger partial charge in [-0.25, -0.2) is 4.98 Å². The maximum atomic E-state index is 12.3. The summed E-state index contributed by atoms with van der Waals surface area (Å²) in [4.78, 5) is 31.1. The number of H-pyrrole nitrogens is 1. The first kappa shape index (κ1) is 15.0. The number of hydrogen-bond acceptors (Lipinski definition) is 3. The predicted molar refractivity (Wildman–Crippen MR) is 90.6 cm³/mol. The molecule has 3 aromatic rings. The first-order chi connectivity index (χ1) is 11.0. The lowest BCUT2D eigenvalue weighted by molar-refractivity contribution is -0.115. The maximum absolute atomic E-state index is 12.3. The van der Waals surface area contributed by atoms with Crippen molar-refractivity contribution < 1.29 is 4.79 Å². The van der Waals surface area contributed by atoms with Crippen LogP contribution < -0.4 is 10.9 Å². The molecule has 0 radical (unpaired) electrons. The SMILES string of the molecule is Cc1nc(C)c(CC(=O)Nc2cccc3ccccc23)c(=O)[nH]1. The van der Waals surface area contributed by atoms with Gasteiger partial charge in [0.15, 0.2) is 0 Å². The van der Waals surface area contributed by atoms with E-state index in [2.05, 4.69) is 15.3 Å². The molecular formula is C18H17N3O2. The number of anilines is 1. The number of carbonyl (C=O) groups excluding carboxylic acids is 1. The first-order valence-corrected chi connectivity index (χ1v) is 7.38. The number of fused-ring (bicyclic) bond motifs is 1. The van der Waals surface area contributed by atoms with Gasteiger partial charge in [-0.2, -0.15) is 0 Å². The van der Waals surface area contributed by atoms with Gasteiger partial charge in [-0.15, -0.1) is 0 Å². The van der Waals surface area contributed by atoms with E-state index in [9.17, 15) is 9.59 Å². The summed E-state index contributed by atoms with van der Waals surface area (Å²) in [7, 11) is 0. The van der Waals surface area contributed by atoms with Crippen LogP contribution >= 0.6 is 0 Å². The van der Waals surface area contributed by atoms with Crippen molar-refractivity contribution >= 4 is 22.4 Å². The number of aryl methyl sites for hydroxylation is 2. The van der Waals surface area contributed by atoms with Crippen LogP contribution in [0.4, 0.5) is 5.69 Å². The van der Waals surface area contributed by atoms with E-state index in [1.54, 1.807) is 13.8 Å². The Morgan fingerprint density at radius 2 is 1.87 bits per heavy atom. The normalized spacial score (nSPS) is 10.7. The van der Waals surface area contributed by atoms with Crippen LogP contribution in [-0.2, 0) is 11.2 Å². The molecule has 5 nitrogen and oxygen atoms in total. The number of hydrogen-bond donors (Lipinski definition) is 2. The van der Waals surface area contributed by atoms with Crippen LogP contribution in [0.15, 0.2) is 47.3 Å². The second-order valence-electron chi connectivity index (χ2n) is 5.47. The van der Waals surface area contributed by atoms with Crippen LogP contribution in [0.3, 0.4) is 0 Å². The second-order valence-corrected chi connectivity index (χ2v) is 5.47. The first-order valence-electron chi connectivity index (χ1n) is 7.38. The molecule has 0 unspecified atom stereocenters. The Bertz CT molecular complexity index is 939. The van der Waals surface area contributed by atoms with Gasteiger partial charge in [0, 0.05) is 22.3 Å². The Hall–Kier alpha value is -2.95. The average Bonchev–Trinajstić information content (AvgIpc) is 2.51. The van der Waals surface area contributed by atoms with Crippen LogP contribution in [-0.4, -0.2) is 15.9 Å². The fourth-order valence-corrected chi connectivity index (χ4v) is 2.65. The monoisotopic (exact) mass is 307 g/mol. The molecule has 1 aromatic heterocycles. The largest absolute Gasteiger partial charge is 0.325 e. The highest BCUT2D eigenvalue weighted by Crippen LogP contribution is 2.23. The fourth-order valence-electron chi connectivity index (χ4n) is 2.65. The highest BCUT2D eigenvalue weighted by atomic mass is 16.2. The minimum absolute atomic E-state index is 0.00231. The van der Waals surface area contributed by atoms with Gasteiger partial charge in [-0.05, 0) is 25.3 Å². The molecule has 0 fully saturated rings. The van der Waals surface area contributed by atoms with Gasteiger partial charge in [0.25, 0.3) is 5.56 Å². The molecule has 5 heteroatoms. The molecule has 0 bridgehead atoms. The standard InChI is InChI=1S/C18H17N3O2/c1-11-15(18(23)20-12(2)19-11)10-17(22)21-16-9-5-7-13-6-3-4-8-14(13)16/h3-9H,10H2,1-2H3,(H,21,22)(H,19,20,23). The summed E-state index contributed by atoms with van der Waals surface area (Å²) in [5.41, 5.74) is 1.46. The van der Waals surface area contributed by atoms with Crippen LogP contribution in [0.5, 0.6) is 0 Å². The Kier molecular flexibility index (Phi) is 3.93. The minimum Gasteiger partial charge on any atom is -0.325 e. The summed E-state index contributed by atoms with van der Waals surface area (Å²) in [6, 6.07) is 13.6. The van der Waals surface area contributed by atoms with Crippen molar-refractivity contribution in [1.82, 2.24) is 9.97 Å². The topological polar surface area (TPSA) is 74.8 Å². The number of amides is 1. The summed E-state index contributed by atoms with van der Waals surface area (Å²) in [5.74, 6) is 0.311. The van der Waals surface area contributed by atoms with Gasteiger partial charge in [-0.1, -0.05) is 36.4 Å². The van der Waals surface area contributed by atoms with E-state index < -0.39 is 0 Å². The van der Waals surface area contributed by atoms with Crippen molar-refractivity contribution in [2.24, 2.45) is 0 Å². The zero-order valence-corrected chi connectivity index (χ0v) is 13.0. The smallest absolute Gasteiger partial charge is 0.254 e. The summed E-state index contributed by atoms with van der Waals surface area (Å²) >= 11 is 0. The molecule has 0 spiro atoms. The lowest BCUT2D eigenvalue weighted by Gasteiger charge is -2.09. The summed E-state index contributed by atoms with van der Waals surface area (Å²) < 4.78 is 0. The Morgan fingerprint density at radius 1 is 1.13 bits per heavy atom. The molecule has 116 valence electrons. The fraction of sp³-hybridized carbons (Fsp3) is 0.167. The Balaban J connectivity index is 1.86. The van der Waals surface area contributed by atoms with Crippen LogP contribution in [0, 0.1) is 13.8 Å². The molecule has 2 N–H and O–H groups in total. The van der Waals surface area contributed by atoms with Gasteiger partial charge < -0.3 is 10.3 Å². The molecule has 0 aliphatic rings. The van der Waals surface area contributed by atoms with Gasteiger partial charge in [-0.3, -0.25) is 9.59 Å². The van der Waals surface area contributed by atoms with Crippen molar-refractivity contribution in [3.63, 3.8) is 0 Å². The summed E-state index contributed by atoms with van der Waals surface area (Å²) in [6.45, 7) is 3.46. The number of nitrogens with one attached hydrogen (secondary N) is 2. The maximum Gasteiger partial charge on any atom is 0.254 e. The van der Waals surface area contributed by atoms with Gasteiger partial charge in [0.2, 0.25) is 5.91 Å². The molecule has 0 atom stereocenters. The quantitative estimate of drug-likeness (QED) is 0.781. The number of nitrogens with zero attached hydrogens (tertiary/aromatic N) is 1. The van der Waals surface area contributed by atoms with Crippen molar-refractivity contribution in [3.05, 3.63) is 69.9 Å². The average molecular weight is 307 g/mol. The van der Waals surface area contributed by atoms with Crippen molar-refractivity contribution in [2.75, 3.05) is 5.32 Å². The molecule has 0 saturated carbocycles. The van der Waals surface area contributed by atoms with Crippen molar-refractivity contribution in [1.29, 1.82) is 0 Å². The van der Waals surface area contributed by atoms with E-state index in [1.807, 2.05) is 42.5 Å². The molecule has 3 rings (SSSR count). The van der Waals surface area contributed by atoms with E-state index in [0.29, 0.717) is 17.1 Å². The van der Waals surface area contributed by atoms with Gasteiger partial charge in [0.1, 0.15) is 5.82 Å². The molecule has 23 heavy (non-hydrogen) atoms. The highest BCUT2D eigenvalue weighted by Gasteiger charge is 2.12. The Morgan fingerprint density at radius 3 is 2.65 bits per heavy atom. The number of aromatic amines is 1. The molecule has 0 aliphatic heterocycles. The predicted octanol–water partition coefficient (Wildman–Crippen LogP) is 2.72. The van der Waals surface area contributed by atoms with Gasteiger partial charge >= 0.3 is 0 Å². The number of carbonyl (C=O) groups is 1. The third-order valence-corrected chi connectivity index (χ3v) is 3.74. The number of rotatable bonds is 3. The number of aromatic nitrogens is 2. The van der Waals surface area contributed by atoms with E-state index in [-0.39, 0.29) is 17.9 Å². The molecule has 1 amide bonds. The molecule has 0 saturated heterocycles. The van der Waals surface area contributed by atoms with E-state index in [1.165, 1.54) is 0 Å². The number of benzene rings is 2. The highest BCUT2D eigenvalue weighted by molar-refractivity contribution is 6.02. The summed E-state index contributed by atoms with van der Waals surface area (Å²) in [5, 5.41) is 4.90. The molecular weight excluding hydrogens is 290 g/mol. The van der Waals surface area contributed by atoms with Gasteiger partial charge in [0.05, 0.1) is 6.42 Å². The lowest BCUT2D eigenvalue weighted by Crippen LogP contribution is -2.24. The zero-order valence-electron chi connectivity index (χ0n) is 13.0.